The highest BCUT2D eigenvalue weighted by Gasteiger charge is 2.23. The van der Waals surface area contributed by atoms with Crippen LogP contribution in [0.1, 0.15) is 34.5 Å². The molecule has 4 rings (SSSR count). The van der Waals surface area contributed by atoms with Gasteiger partial charge in [0.15, 0.2) is 0 Å². The van der Waals surface area contributed by atoms with E-state index in [4.69, 9.17) is 0 Å². The summed E-state index contributed by atoms with van der Waals surface area (Å²) >= 11 is 0. The summed E-state index contributed by atoms with van der Waals surface area (Å²) in [5.74, 6) is 0.0689. The molecular formula is C16H17N3O2. The van der Waals surface area contributed by atoms with Crippen molar-refractivity contribution in [1.29, 1.82) is 0 Å². The standard InChI is InChI=1S/C16H17N3O2/c1-17-14-9-11(15(20)18-7-2-3-8-18)10-19(14)13-6-4-5-12(13)16(17)21/h4,6,9-10H,2-3,5,7-8H2,1H3. The number of aryl methyl sites for hydroxylation is 1. The van der Waals surface area contributed by atoms with Gasteiger partial charge in [-0.15, -0.1) is 0 Å². The van der Waals surface area contributed by atoms with Gasteiger partial charge in [0.25, 0.3) is 11.5 Å². The summed E-state index contributed by atoms with van der Waals surface area (Å²) in [7, 11) is 1.76. The molecule has 2 aromatic rings. The average Bonchev–Trinajstić information content (AvgIpc) is 3.22. The summed E-state index contributed by atoms with van der Waals surface area (Å²) in [5.41, 5.74) is 3.18. The van der Waals surface area contributed by atoms with E-state index in [1.807, 2.05) is 33.7 Å². The molecule has 1 aliphatic carbocycles. The number of likely N-dealkylation sites (tertiary alicyclic amines) is 1. The maximum atomic E-state index is 12.5. The third-order valence-electron chi connectivity index (χ3n) is 4.51. The van der Waals surface area contributed by atoms with Gasteiger partial charge in [-0.25, -0.2) is 0 Å². The van der Waals surface area contributed by atoms with Crippen LogP contribution in [0.3, 0.4) is 0 Å². The van der Waals surface area contributed by atoms with Crippen molar-refractivity contribution in [2.75, 3.05) is 13.1 Å². The summed E-state index contributed by atoms with van der Waals surface area (Å²) in [6.07, 6.45) is 8.65. The molecule has 1 fully saturated rings. The van der Waals surface area contributed by atoms with Gasteiger partial charge in [-0.3, -0.25) is 14.2 Å². The Kier molecular flexibility index (Phi) is 2.58. The molecule has 108 valence electrons. The van der Waals surface area contributed by atoms with Crippen LogP contribution in [0, 0.1) is 0 Å². The van der Waals surface area contributed by atoms with E-state index in [0.717, 1.165) is 42.8 Å². The third-order valence-corrected chi connectivity index (χ3v) is 4.51. The lowest BCUT2D eigenvalue weighted by Gasteiger charge is -2.13. The Hall–Kier alpha value is -2.30. The predicted molar refractivity (Wildman–Crippen MR) is 80.5 cm³/mol. The number of amides is 1. The minimum absolute atomic E-state index is 0.0285. The fourth-order valence-electron chi connectivity index (χ4n) is 3.34. The second kappa shape index (κ2) is 4.35. The largest absolute Gasteiger partial charge is 0.339 e. The normalized spacial score (nSPS) is 16.9. The van der Waals surface area contributed by atoms with Gasteiger partial charge in [-0.1, -0.05) is 6.08 Å². The first-order valence-corrected chi connectivity index (χ1v) is 7.36. The highest BCUT2D eigenvalue weighted by molar-refractivity contribution is 5.95. The van der Waals surface area contributed by atoms with Gasteiger partial charge in [0.2, 0.25) is 0 Å². The molecule has 1 aliphatic heterocycles. The molecule has 0 aromatic carbocycles. The quantitative estimate of drug-likeness (QED) is 0.795. The summed E-state index contributed by atoms with van der Waals surface area (Å²) in [4.78, 5) is 26.7. The van der Waals surface area contributed by atoms with Crippen LogP contribution in [0.25, 0.3) is 11.7 Å². The van der Waals surface area contributed by atoms with Gasteiger partial charge in [0, 0.05) is 31.9 Å². The third kappa shape index (κ3) is 1.70. The molecule has 2 aromatic heterocycles. The SMILES string of the molecule is Cn1c(=O)c2c(n3cc(C(=O)N4CCCC4)cc13)C=CC2. The van der Waals surface area contributed by atoms with Crippen molar-refractivity contribution >= 4 is 17.6 Å². The van der Waals surface area contributed by atoms with Gasteiger partial charge in [0.05, 0.1) is 11.3 Å². The van der Waals surface area contributed by atoms with Crippen molar-refractivity contribution < 1.29 is 4.79 Å². The van der Waals surface area contributed by atoms with Crippen molar-refractivity contribution in [3.63, 3.8) is 0 Å². The minimum Gasteiger partial charge on any atom is -0.339 e. The molecular weight excluding hydrogens is 266 g/mol. The molecule has 3 heterocycles. The monoisotopic (exact) mass is 283 g/mol. The highest BCUT2D eigenvalue weighted by atomic mass is 16.2. The Morgan fingerprint density at radius 1 is 1.24 bits per heavy atom. The van der Waals surface area contributed by atoms with E-state index in [-0.39, 0.29) is 11.5 Å². The smallest absolute Gasteiger partial charge is 0.257 e. The average molecular weight is 283 g/mol. The molecule has 5 nitrogen and oxygen atoms in total. The lowest BCUT2D eigenvalue weighted by molar-refractivity contribution is 0.0793. The number of carbonyl (C=O) groups is 1. The summed E-state index contributed by atoms with van der Waals surface area (Å²) in [6, 6.07) is 1.83. The maximum Gasteiger partial charge on any atom is 0.257 e. The number of rotatable bonds is 1. The molecule has 1 saturated heterocycles. The fraction of sp³-hybridized carbons (Fsp3) is 0.375. The van der Waals surface area contributed by atoms with Crippen molar-refractivity contribution in [3.05, 3.63) is 45.5 Å². The van der Waals surface area contributed by atoms with Crippen molar-refractivity contribution in [3.8, 4) is 0 Å². The Bertz CT molecular complexity index is 835. The number of aromatic nitrogens is 2. The van der Waals surface area contributed by atoms with Crippen LogP contribution in [0.2, 0.25) is 0 Å². The molecule has 0 atom stereocenters. The number of hydrogen-bond donors (Lipinski definition) is 0. The number of nitrogens with zero attached hydrogens (tertiary/aromatic N) is 3. The topological polar surface area (TPSA) is 46.7 Å². The van der Waals surface area contributed by atoms with Crippen molar-refractivity contribution in [2.45, 2.75) is 19.3 Å². The molecule has 21 heavy (non-hydrogen) atoms. The lowest BCUT2D eigenvalue weighted by atomic mass is 10.2. The minimum atomic E-state index is 0.0285. The van der Waals surface area contributed by atoms with Crippen LogP contribution >= 0.6 is 0 Å². The van der Waals surface area contributed by atoms with Gasteiger partial charge in [0.1, 0.15) is 5.65 Å². The van der Waals surface area contributed by atoms with E-state index in [9.17, 15) is 9.59 Å². The van der Waals surface area contributed by atoms with Crippen LogP contribution in [-0.4, -0.2) is 32.9 Å². The van der Waals surface area contributed by atoms with Gasteiger partial charge >= 0.3 is 0 Å². The molecule has 0 saturated carbocycles. The van der Waals surface area contributed by atoms with Crippen LogP contribution in [0.5, 0.6) is 0 Å². The number of carbonyl (C=O) groups excluding carboxylic acids is 1. The lowest BCUT2D eigenvalue weighted by Crippen LogP contribution is -2.27. The van der Waals surface area contributed by atoms with Crippen molar-refractivity contribution in [1.82, 2.24) is 13.9 Å². The van der Waals surface area contributed by atoms with Crippen LogP contribution < -0.4 is 5.56 Å². The number of allylic oxidation sites excluding steroid dienone is 1. The van der Waals surface area contributed by atoms with Crippen molar-refractivity contribution in [2.24, 2.45) is 7.05 Å². The van der Waals surface area contributed by atoms with E-state index < -0.39 is 0 Å². The predicted octanol–water partition coefficient (Wildman–Crippen LogP) is 1.44. The van der Waals surface area contributed by atoms with E-state index in [0.29, 0.717) is 12.0 Å². The van der Waals surface area contributed by atoms with Crippen LogP contribution in [0.4, 0.5) is 0 Å². The molecule has 5 heteroatoms. The summed E-state index contributed by atoms with van der Waals surface area (Å²) in [6.45, 7) is 1.67. The molecule has 0 bridgehead atoms. The Balaban J connectivity index is 1.90. The molecule has 0 N–H and O–H groups in total. The molecule has 0 radical (unpaired) electrons. The number of hydrogen-bond acceptors (Lipinski definition) is 2. The molecule has 1 amide bonds. The zero-order valence-electron chi connectivity index (χ0n) is 12.0. The Labute approximate surface area is 122 Å². The number of fused-ring (bicyclic) bond motifs is 3. The highest BCUT2D eigenvalue weighted by Crippen LogP contribution is 2.21. The van der Waals surface area contributed by atoms with Gasteiger partial charge in [-0.05, 0) is 31.4 Å². The second-order valence-electron chi connectivity index (χ2n) is 5.79. The second-order valence-corrected chi connectivity index (χ2v) is 5.79. The van der Waals surface area contributed by atoms with E-state index >= 15 is 0 Å². The fourth-order valence-corrected chi connectivity index (χ4v) is 3.34. The van der Waals surface area contributed by atoms with E-state index in [2.05, 4.69) is 0 Å². The summed E-state index contributed by atoms with van der Waals surface area (Å²) < 4.78 is 3.59. The van der Waals surface area contributed by atoms with Gasteiger partial charge in [-0.2, -0.15) is 0 Å². The van der Waals surface area contributed by atoms with E-state index in [1.54, 1.807) is 11.6 Å². The van der Waals surface area contributed by atoms with Crippen LogP contribution in [-0.2, 0) is 13.5 Å². The maximum absolute atomic E-state index is 12.5. The van der Waals surface area contributed by atoms with Gasteiger partial charge < -0.3 is 9.30 Å². The summed E-state index contributed by atoms with van der Waals surface area (Å²) in [5, 5.41) is 0. The van der Waals surface area contributed by atoms with Crippen LogP contribution in [0.15, 0.2) is 23.1 Å². The zero-order valence-corrected chi connectivity index (χ0v) is 12.0. The van der Waals surface area contributed by atoms with E-state index in [1.165, 1.54) is 0 Å². The first kappa shape index (κ1) is 12.4. The zero-order chi connectivity index (χ0) is 14.6. The Morgan fingerprint density at radius 3 is 2.76 bits per heavy atom. The molecule has 2 aliphatic rings. The molecule has 0 spiro atoms. The first-order valence-electron chi connectivity index (χ1n) is 7.36. The molecule has 0 unspecified atom stereocenters. The first-order chi connectivity index (χ1) is 10.2. The Morgan fingerprint density at radius 2 is 2.00 bits per heavy atom.